The number of nitrogens with zero attached hydrogens (tertiary/aromatic N) is 1. The minimum absolute atomic E-state index is 0.00471. The molecule has 0 aliphatic carbocycles. The Bertz CT molecular complexity index is 522. The second kappa shape index (κ2) is 6.81. The van der Waals surface area contributed by atoms with E-state index in [4.69, 9.17) is 4.74 Å². The number of hydrogen-bond acceptors (Lipinski definition) is 3. The zero-order chi connectivity index (χ0) is 16.2. The molecule has 0 radical (unpaired) electrons. The van der Waals surface area contributed by atoms with E-state index >= 15 is 0 Å². The van der Waals surface area contributed by atoms with Gasteiger partial charge < -0.3 is 15.0 Å². The third kappa shape index (κ3) is 4.76. The van der Waals surface area contributed by atoms with Crippen molar-refractivity contribution in [1.82, 2.24) is 10.2 Å². The highest BCUT2D eigenvalue weighted by Gasteiger charge is 2.33. The first kappa shape index (κ1) is 16.3. The predicted molar refractivity (Wildman–Crippen MR) is 84.2 cm³/mol. The molecule has 0 unspecified atom stereocenters. The molecule has 22 heavy (non-hydrogen) atoms. The molecule has 5 nitrogen and oxygen atoms in total. The molecule has 1 saturated heterocycles. The molecule has 1 heterocycles. The van der Waals surface area contributed by atoms with Crippen molar-refractivity contribution in [3.05, 3.63) is 35.9 Å². The molecule has 120 valence electrons. The lowest BCUT2D eigenvalue weighted by molar-refractivity contribution is -0.124. The van der Waals surface area contributed by atoms with Gasteiger partial charge in [-0.15, -0.1) is 0 Å². The predicted octanol–water partition coefficient (Wildman–Crippen LogP) is 2.56. The first-order chi connectivity index (χ1) is 10.3. The van der Waals surface area contributed by atoms with Gasteiger partial charge in [-0.1, -0.05) is 30.3 Å². The van der Waals surface area contributed by atoms with Gasteiger partial charge >= 0.3 is 6.09 Å². The summed E-state index contributed by atoms with van der Waals surface area (Å²) < 4.78 is 5.33. The van der Waals surface area contributed by atoms with Crippen molar-refractivity contribution in [1.29, 1.82) is 0 Å². The summed E-state index contributed by atoms with van der Waals surface area (Å²) in [6, 6.07) is 9.79. The van der Waals surface area contributed by atoms with Crippen LogP contribution in [0.3, 0.4) is 0 Å². The number of carbonyl (C=O) groups excluding carboxylic acids is 2. The van der Waals surface area contributed by atoms with Gasteiger partial charge in [0.05, 0.1) is 5.92 Å². The summed E-state index contributed by atoms with van der Waals surface area (Å²) in [4.78, 5) is 25.8. The van der Waals surface area contributed by atoms with Crippen LogP contribution >= 0.6 is 0 Å². The van der Waals surface area contributed by atoms with E-state index in [9.17, 15) is 9.59 Å². The van der Waals surface area contributed by atoms with Gasteiger partial charge in [0.1, 0.15) is 5.60 Å². The summed E-state index contributed by atoms with van der Waals surface area (Å²) in [6.07, 6.45) is 0.339. The average Bonchev–Trinajstić information content (AvgIpc) is 2.94. The molecule has 0 aromatic heterocycles. The van der Waals surface area contributed by atoms with Crippen molar-refractivity contribution in [2.24, 2.45) is 5.92 Å². The van der Waals surface area contributed by atoms with Crippen LogP contribution in [0.5, 0.6) is 0 Å². The van der Waals surface area contributed by atoms with Gasteiger partial charge in [0, 0.05) is 19.6 Å². The van der Waals surface area contributed by atoms with Gasteiger partial charge in [-0.2, -0.15) is 0 Å². The van der Waals surface area contributed by atoms with Gasteiger partial charge in [0.15, 0.2) is 0 Å². The smallest absolute Gasteiger partial charge is 0.410 e. The minimum Gasteiger partial charge on any atom is -0.444 e. The molecule has 5 heteroatoms. The molecule has 1 N–H and O–H groups in total. The molecular formula is C17H24N2O3. The number of likely N-dealkylation sites (tertiary alicyclic amines) is 1. The molecular weight excluding hydrogens is 280 g/mol. The molecule has 1 fully saturated rings. The fourth-order valence-electron chi connectivity index (χ4n) is 2.40. The minimum atomic E-state index is -0.509. The van der Waals surface area contributed by atoms with Crippen LogP contribution in [-0.4, -0.2) is 35.6 Å². The third-order valence-electron chi connectivity index (χ3n) is 3.52. The quantitative estimate of drug-likeness (QED) is 0.933. The van der Waals surface area contributed by atoms with E-state index in [1.54, 1.807) is 4.90 Å². The van der Waals surface area contributed by atoms with Crippen LogP contribution < -0.4 is 5.32 Å². The normalized spacial score (nSPS) is 18.1. The Balaban J connectivity index is 1.80. The fourth-order valence-corrected chi connectivity index (χ4v) is 2.40. The van der Waals surface area contributed by atoms with E-state index in [-0.39, 0.29) is 17.9 Å². The first-order valence-electron chi connectivity index (χ1n) is 7.65. The number of amides is 2. The van der Waals surface area contributed by atoms with Crippen LogP contribution in [0.2, 0.25) is 0 Å². The number of carbonyl (C=O) groups is 2. The van der Waals surface area contributed by atoms with Crippen LogP contribution in [0.4, 0.5) is 4.79 Å². The average molecular weight is 304 g/mol. The number of nitrogens with one attached hydrogen (secondary N) is 1. The van der Waals surface area contributed by atoms with Crippen molar-refractivity contribution in [3.8, 4) is 0 Å². The van der Waals surface area contributed by atoms with E-state index in [0.717, 1.165) is 5.56 Å². The number of rotatable bonds is 3. The first-order valence-corrected chi connectivity index (χ1v) is 7.65. The third-order valence-corrected chi connectivity index (χ3v) is 3.52. The maximum Gasteiger partial charge on any atom is 0.410 e. The highest BCUT2D eigenvalue weighted by atomic mass is 16.6. The molecule has 0 saturated carbocycles. The number of hydrogen-bond donors (Lipinski definition) is 1. The topological polar surface area (TPSA) is 58.6 Å². The Morgan fingerprint density at radius 3 is 2.59 bits per heavy atom. The molecule has 1 atom stereocenters. The fraction of sp³-hybridized carbons (Fsp3) is 0.529. The van der Waals surface area contributed by atoms with Crippen molar-refractivity contribution < 1.29 is 14.3 Å². The summed E-state index contributed by atoms with van der Waals surface area (Å²) in [5.41, 5.74) is 0.558. The molecule has 2 rings (SSSR count). The Morgan fingerprint density at radius 2 is 1.95 bits per heavy atom. The van der Waals surface area contributed by atoms with E-state index < -0.39 is 5.60 Å². The Kier molecular flexibility index (Phi) is 5.06. The zero-order valence-electron chi connectivity index (χ0n) is 13.5. The lowest BCUT2D eigenvalue weighted by Crippen LogP contribution is -2.37. The Hall–Kier alpha value is -2.04. The van der Waals surface area contributed by atoms with E-state index in [1.165, 1.54) is 0 Å². The lowest BCUT2D eigenvalue weighted by Gasteiger charge is -2.24. The van der Waals surface area contributed by atoms with Gasteiger partial charge in [0.2, 0.25) is 5.91 Å². The van der Waals surface area contributed by atoms with Crippen molar-refractivity contribution in [2.45, 2.75) is 39.3 Å². The highest BCUT2D eigenvalue weighted by Crippen LogP contribution is 2.19. The summed E-state index contributed by atoms with van der Waals surface area (Å²) in [7, 11) is 0. The van der Waals surface area contributed by atoms with Crippen molar-refractivity contribution in [3.63, 3.8) is 0 Å². The van der Waals surface area contributed by atoms with Gasteiger partial charge in [-0.05, 0) is 32.8 Å². The molecule has 0 spiro atoms. The van der Waals surface area contributed by atoms with E-state index in [0.29, 0.717) is 26.1 Å². The monoisotopic (exact) mass is 304 g/mol. The zero-order valence-corrected chi connectivity index (χ0v) is 13.5. The second-order valence-electron chi connectivity index (χ2n) is 6.62. The van der Waals surface area contributed by atoms with Crippen LogP contribution in [0.1, 0.15) is 32.8 Å². The van der Waals surface area contributed by atoms with Gasteiger partial charge in [-0.25, -0.2) is 4.79 Å². The van der Waals surface area contributed by atoms with Crippen LogP contribution in [0.25, 0.3) is 0 Å². The Morgan fingerprint density at radius 1 is 1.27 bits per heavy atom. The van der Waals surface area contributed by atoms with Crippen LogP contribution in [-0.2, 0) is 16.1 Å². The molecule has 1 aromatic rings. The molecule has 1 aromatic carbocycles. The molecule has 1 aliphatic rings. The standard InChI is InChI=1S/C17H24N2O3/c1-17(2,3)22-16(21)19-10-9-14(12-19)15(20)18-11-13-7-5-4-6-8-13/h4-8,14H,9-12H2,1-3H3,(H,18,20)/t14-/m1/s1. The second-order valence-corrected chi connectivity index (χ2v) is 6.62. The Labute approximate surface area is 131 Å². The SMILES string of the molecule is CC(C)(C)OC(=O)N1CC[C@@H](C(=O)NCc2ccccc2)C1. The maximum atomic E-state index is 12.2. The summed E-state index contributed by atoms with van der Waals surface area (Å²) in [6.45, 7) is 7.03. The van der Waals surface area contributed by atoms with Crippen molar-refractivity contribution in [2.75, 3.05) is 13.1 Å². The van der Waals surface area contributed by atoms with Gasteiger partial charge in [0.25, 0.3) is 0 Å². The van der Waals surface area contributed by atoms with Crippen LogP contribution in [0, 0.1) is 5.92 Å². The number of ether oxygens (including phenoxy) is 1. The van der Waals surface area contributed by atoms with E-state index in [2.05, 4.69) is 5.32 Å². The van der Waals surface area contributed by atoms with Crippen LogP contribution in [0.15, 0.2) is 30.3 Å². The van der Waals surface area contributed by atoms with E-state index in [1.807, 2.05) is 51.1 Å². The van der Waals surface area contributed by atoms with Gasteiger partial charge in [-0.3, -0.25) is 4.79 Å². The number of benzene rings is 1. The summed E-state index contributed by atoms with van der Waals surface area (Å²) >= 11 is 0. The maximum absolute atomic E-state index is 12.2. The molecule has 1 aliphatic heterocycles. The summed E-state index contributed by atoms with van der Waals surface area (Å²) in [5.74, 6) is -0.161. The highest BCUT2D eigenvalue weighted by molar-refractivity contribution is 5.80. The van der Waals surface area contributed by atoms with Crippen molar-refractivity contribution >= 4 is 12.0 Å². The largest absolute Gasteiger partial charge is 0.444 e. The molecule has 0 bridgehead atoms. The lowest BCUT2D eigenvalue weighted by atomic mass is 10.1. The summed E-state index contributed by atoms with van der Waals surface area (Å²) in [5, 5.41) is 2.93. The molecule has 2 amide bonds.